The van der Waals surface area contributed by atoms with Gasteiger partial charge in [-0.3, -0.25) is 19.4 Å². The summed E-state index contributed by atoms with van der Waals surface area (Å²) in [6, 6.07) is 22.3. The van der Waals surface area contributed by atoms with Crippen molar-refractivity contribution < 1.29 is 23.9 Å². The van der Waals surface area contributed by atoms with Gasteiger partial charge in [-0.1, -0.05) is 49.0 Å². The molecule has 1 saturated heterocycles. The molecule has 12 heteroatoms. The number of rotatable bonds is 8. The molecule has 0 saturated carbocycles. The standard InChI is InChI=1S/C34H34N6O5S/c1-2-29(32(42)35-22-12-14-27-28(20-22)45-21-44-27)46-34-37-25-11-7-6-10-24(25)31-36-26(33(43)40(31)34)13-15-30(41)39-18-16-38(17-19-39)23-8-4-3-5-9-23/h3-12,14,20,26,29H,2,13,15-19,21H2,1H3,(H,35,42)/t26-,29+/m1/s1. The highest BCUT2D eigenvalue weighted by molar-refractivity contribution is 8.15. The van der Waals surface area contributed by atoms with Crippen LogP contribution in [0.25, 0.3) is 0 Å². The molecule has 3 amide bonds. The lowest BCUT2D eigenvalue weighted by Crippen LogP contribution is -2.49. The normalized spacial score (nSPS) is 18.8. The number of ether oxygens (including phenoxy) is 2. The lowest BCUT2D eigenvalue weighted by Gasteiger charge is -2.36. The third-order valence-electron chi connectivity index (χ3n) is 8.48. The highest BCUT2D eigenvalue weighted by atomic mass is 32.2. The number of carbonyl (C=O) groups excluding carboxylic acids is 3. The van der Waals surface area contributed by atoms with Crippen LogP contribution in [0, 0.1) is 0 Å². The Balaban J connectivity index is 1.02. The molecule has 0 aliphatic carbocycles. The van der Waals surface area contributed by atoms with Gasteiger partial charge in [-0.25, -0.2) is 9.89 Å². The predicted molar refractivity (Wildman–Crippen MR) is 178 cm³/mol. The number of carbonyl (C=O) groups is 3. The maximum Gasteiger partial charge on any atom is 0.259 e. The van der Waals surface area contributed by atoms with E-state index in [9.17, 15) is 14.4 Å². The number of thioether (sulfide) groups is 1. The molecule has 4 aliphatic heterocycles. The number of amidine groups is 2. The van der Waals surface area contributed by atoms with Gasteiger partial charge in [0.15, 0.2) is 16.7 Å². The molecule has 4 aliphatic rings. The maximum absolute atomic E-state index is 13.8. The van der Waals surface area contributed by atoms with Crippen LogP contribution in [0.2, 0.25) is 0 Å². The van der Waals surface area contributed by atoms with Crippen molar-refractivity contribution in [2.75, 3.05) is 43.2 Å². The third-order valence-corrected chi connectivity index (χ3v) is 9.80. The Labute approximate surface area is 271 Å². The molecule has 46 heavy (non-hydrogen) atoms. The molecule has 1 N–H and O–H groups in total. The average Bonchev–Trinajstić information content (AvgIpc) is 3.70. The molecule has 236 valence electrons. The summed E-state index contributed by atoms with van der Waals surface area (Å²) >= 11 is 1.24. The quantitative estimate of drug-likeness (QED) is 0.382. The summed E-state index contributed by atoms with van der Waals surface area (Å²) in [5.74, 6) is 1.31. The minimum Gasteiger partial charge on any atom is -0.454 e. The molecule has 3 aromatic carbocycles. The van der Waals surface area contributed by atoms with Gasteiger partial charge in [0.2, 0.25) is 18.6 Å². The second kappa shape index (κ2) is 12.9. The SMILES string of the molecule is CC[C@H](SC1=Nc2ccccc2C2=N[C@H](CCC(=O)N3CCN(c4ccccc4)CC3)C(=O)N12)C(=O)Nc1ccc2c(c1)OCO2. The van der Waals surface area contributed by atoms with Crippen LogP contribution in [-0.2, 0) is 14.4 Å². The average molecular weight is 639 g/mol. The van der Waals surface area contributed by atoms with Gasteiger partial charge in [0.05, 0.1) is 10.9 Å². The first-order valence-electron chi connectivity index (χ1n) is 15.5. The van der Waals surface area contributed by atoms with Crippen molar-refractivity contribution in [3.05, 3.63) is 78.4 Å². The lowest BCUT2D eigenvalue weighted by atomic mass is 10.1. The second-order valence-corrected chi connectivity index (χ2v) is 12.5. The van der Waals surface area contributed by atoms with Crippen LogP contribution in [0.4, 0.5) is 17.1 Å². The van der Waals surface area contributed by atoms with Crippen molar-refractivity contribution in [2.24, 2.45) is 9.98 Å². The summed E-state index contributed by atoms with van der Waals surface area (Å²) in [6.45, 7) is 4.88. The van der Waals surface area contributed by atoms with Crippen molar-refractivity contribution in [3.63, 3.8) is 0 Å². The molecule has 3 aromatic rings. The molecule has 7 rings (SSSR count). The molecular formula is C34H34N6O5S. The summed E-state index contributed by atoms with van der Waals surface area (Å²) in [6.07, 6.45) is 1.04. The van der Waals surface area contributed by atoms with Crippen LogP contribution in [0.15, 0.2) is 82.8 Å². The van der Waals surface area contributed by atoms with Gasteiger partial charge >= 0.3 is 0 Å². The monoisotopic (exact) mass is 638 g/mol. The zero-order valence-electron chi connectivity index (χ0n) is 25.4. The van der Waals surface area contributed by atoms with E-state index in [0.717, 1.165) is 24.3 Å². The summed E-state index contributed by atoms with van der Waals surface area (Å²) in [5, 5.41) is 2.83. The zero-order valence-corrected chi connectivity index (χ0v) is 26.2. The van der Waals surface area contributed by atoms with E-state index in [0.29, 0.717) is 59.8 Å². The van der Waals surface area contributed by atoms with Crippen LogP contribution in [0.3, 0.4) is 0 Å². The molecule has 1 fully saturated rings. The molecule has 0 bridgehead atoms. The number of piperazine rings is 1. The zero-order chi connectivity index (χ0) is 31.6. The number of benzene rings is 3. The number of nitrogens with zero attached hydrogens (tertiary/aromatic N) is 5. The Bertz CT molecular complexity index is 1720. The summed E-state index contributed by atoms with van der Waals surface area (Å²) in [4.78, 5) is 55.8. The van der Waals surface area contributed by atoms with Crippen molar-refractivity contribution in [3.8, 4) is 11.5 Å². The number of fused-ring (bicyclic) bond motifs is 4. The summed E-state index contributed by atoms with van der Waals surface area (Å²) < 4.78 is 10.8. The number of hydrogen-bond donors (Lipinski definition) is 1. The third kappa shape index (κ3) is 5.92. The Kier molecular flexibility index (Phi) is 8.35. The minimum absolute atomic E-state index is 0.0282. The number of para-hydroxylation sites is 2. The van der Waals surface area contributed by atoms with E-state index in [2.05, 4.69) is 22.3 Å². The van der Waals surface area contributed by atoms with Crippen molar-refractivity contribution in [1.82, 2.24) is 9.80 Å². The molecule has 2 atom stereocenters. The molecule has 0 aromatic heterocycles. The fourth-order valence-corrected chi connectivity index (χ4v) is 7.01. The fourth-order valence-electron chi connectivity index (χ4n) is 5.99. The predicted octanol–water partition coefficient (Wildman–Crippen LogP) is 4.65. The Morgan fingerprint density at radius 2 is 1.74 bits per heavy atom. The lowest BCUT2D eigenvalue weighted by molar-refractivity contribution is -0.132. The smallest absolute Gasteiger partial charge is 0.259 e. The number of aliphatic imine (C=N–C) groups is 2. The molecule has 0 spiro atoms. The van der Waals surface area contributed by atoms with E-state index in [-0.39, 0.29) is 30.9 Å². The summed E-state index contributed by atoms with van der Waals surface area (Å²) in [7, 11) is 0. The second-order valence-electron chi connectivity index (χ2n) is 11.4. The number of anilines is 2. The van der Waals surface area contributed by atoms with Gasteiger partial charge < -0.3 is 24.6 Å². The van der Waals surface area contributed by atoms with Crippen molar-refractivity contribution in [2.45, 2.75) is 37.5 Å². The van der Waals surface area contributed by atoms with Crippen LogP contribution in [0.1, 0.15) is 31.7 Å². The molecule has 11 nitrogen and oxygen atoms in total. The first-order valence-corrected chi connectivity index (χ1v) is 16.4. The van der Waals surface area contributed by atoms with Gasteiger partial charge in [0.25, 0.3) is 5.91 Å². The molecule has 0 radical (unpaired) electrons. The van der Waals surface area contributed by atoms with Gasteiger partial charge in [0, 0.05) is 55.6 Å². The Morgan fingerprint density at radius 3 is 2.54 bits per heavy atom. The largest absolute Gasteiger partial charge is 0.454 e. The van der Waals surface area contributed by atoms with E-state index in [1.54, 1.807) is 18.2 Å². The number of amides is 3. The van der Waals surface area contributed by atoms with Crippen molar-refractivity contribution >= 4 is 57.5 Å². The van der Waals surface area contributed by atoms with Crippen LogP contribution in [0.5, 0.6) is 11.5 Å². The first-order chi connectivity index (χ1) is 22.5. The topological polar surface area (TPSA) is 116 Å². The van der Waals surface area contributed by atoms with Gasteiger partial charge in [-0.2, -0.15) is 0 Å². The van der Waals surface area contributed by atoms with Gasteiger partial charge in [-0.05, 0) is 49.2 Å². The van der Waals surface area contributed by atoms with E-state index >= 15 is 0 Å². The highest BCUT2D eigenvalue weighted by Gasteiger charge is 2.42. The number of nitrogens with one attached hydrogen (secondary N) is 1. The minimum atomic E-state index is -0.705. The van der Waals surface area contributed by atoms with E-state index in [4.69, 9.17) is 19.5 Å². The van der Waals surface area contributed by atoms with Crippen LogP contribution < -0.4 is 19.7 Å². The van der Waals surface area contributed by atoms with E-state index in [1.165, 1.54) is 16.7 Å². The molecule has 4 heterocycles. The summed E-state index contributed by atoms with van der Waals surface area (Å²) in [5.41, 5.74) is 3.19. The maximum atomic E-state index is 13.8. The van der Waals surface area contributed by atoms with Crippen LogP contribution >= 0.6 is 11.8 Å². The number of hydrogen-bond acceptors (Lipinski definition) is 9. The first kappa shape index (κ1) is 29.8. The van der Waals surface area contributed by atoms with Crippen LogP contribution in [-0.4, -0.2) is 82.8 Å². The van der Waals surface area contributed by atoms with Gasteiger partial charge in [0.1, 0.15) is 11.9 Å². The van der Waals surface area contributed by atoms with Gasteiger partial charge in [-0.15, -0.1) is 0 Å². The van der Waals surface area contributed by atoms with Crippen molar-refractivity contribution in [1.29, 1.82) is 0 Å². The van der Waals surface area contributed by atoms with E-state index in [1.807, 2.05) is 54.3 Å². The molecular weight excluding hydrogens is 604 g/mol. The Hall–Kier alpha value is -4.84. The van der Waals surface area contributed by atoms with E-state index < -0.39 is 11.3 Å². The fraction of sp³-hybridized carbons (Fsp3) is 0.324. The highest BCUT2D eigenvalue weighted by Crippen LogP contribution is 2.37. The molecule has 0 unspecified atom stereocenters. The Morgan fingerprint density at radius 1 is 0.978 bits per heavy atom.